The lowest BCUT2D eigenvalue weighted by atomic mass is 10.1. The molecule has 0 unspecified atom stereocenters. The predicted molar refractivity (Wildman–Crippen MR) is 74.1 cm³/mol. The minimum atomic E-state index is -0.988. The highest BCUT2D eigenvalue weighted by Gasteiger charge is 2.12. The molecule has 0 aliphatic heterocycles. The topological polar surface area (TPSA) is 63.8 Å². The third-order valence-electron chi connectivity index (χ3n) is 3.08. The van der Waals surface area contributed by atoms with Crippen molar-refractivity contribution in [1.29, 1.82) is 0 Å². The molecule has 0 atom stereocenters. The van der Waals surface area contributed by atoms with Gasteiger partial charge in [-0.3, -0.25) is 0 Å². The van der Waals surface area contributed by atoms with Gasteiger partial charge in [-0.1, -0.05) is 12.1 Å². The molecular formula is C15H12N2O3. The van der Waals surface area contributed by atoms with Gasteiger partial charge < -0.3 is 14.2 Å². The summed E-state index contributed by atoms with van der Waals surface area (Å²) in [6.45, 7) is 0. The number of carboxylic acids is 1. The van der Waals surface area contributed by atoms with Gasteiger partial charge in [0.1, 0.15) is 11.3 Å². The number of aromatic nitrogens is 2. The number of hydrogen-bond acceptors (Lipinski definition) is 3. The Morgan fingerprint density at radius 2 is 2.15 bits per heavy atom. The first-order valence-corrected chi connectivity index (χ1v) is 6.04. The highest BCUT2D eigenvalue weighted by atomic mass is 16.5. The van der Waals surface area contributed by atoms with E-state index in [0.717, 1.165) is 11.3 Å². The second-order valence-corrected chi connectivity index (χ2v) is 4.32. The van der Waals surface area contributed by atoms with E-state index in [1.807, 2.05) is 24.3 Å². The minimum Gasteiger partial charge on any atom is -0.497 e. The number of fused-ring (bicyclic) bond motifs is 1. The zero-order valence-electron chi connectivity index (χ0n) is 10.8. The summed E-state index contributed by atoms with van der Waals surface area (Å²) in [7, 11) is 1.60. The standard InChI is InChI=1S/C15H12N2O3/c1-20-11-5-2-4-10(8-11)13-9-17-7-3-6-12(15(18)19)14(17)16-13/h2-9H,1H3,(H,18,19). The summed E-state index contributed by atoms with van der Waals surface area (Å²) in [5.74, 6) is -0.253. The molecule has 2 aromatic heterocycles. The van der Waals surface area contributed by atoms with Crippen LogP contribution in [0.5, 0.6) is 5.75 Å². The van der Waals surface area contributed by atoms with Gasteiger partial charge >= 0.3 is 5.97 Å². The highest BCUT2D eigenvalue weighted by Crippen LogP contribution is 2.24. The van der Waals surface area contributed by atoms with E-state index in [4.69, 9.17) is 4.74 Å². The molecule has 5 nitrogen and oxygen atoms in total. The quantitative estimate of drug-likeness (QED) is 0.793. The summed E-state index contributed by atoms with van der Waals surface area (Å²) in [5, 5.41) is 9.17. The van der Waals surface area contributed by atoms with Crippen molar-refractivity contribution in [3.63, 3.8) is 0 Å². The van der Waals surface area contributed by atoms with Crippen LogP contribution in [0.1, 0.15) is 10.4 Å². The Morgan fingerprint density at radius 1 is 1.30 bits per heavy atom. The van der Waals surface area contributed by atoms with E-state index < -0.39 is 5.97 Å². The normalized spacial score (nSPS) is 10.7. The summed E-state index contributed by atoms with van der Waals surface area (Å²) in [5.41, 5.74) is 2.20. The Bertz CT molecular complexity index is 793. The van der Waals surface area contributed by atoms with Crippen LogP contribution in [0.3, 0.4) is 0 Å². The third kappa shape index (κ3) is 1.99. The van der Waals surface area contributed by atoms with Crippen LogP contribution < -0.4 is 4.74 Å². The van der Waals surface area contributed by atoms with Crippen molar-refractivity contribution in [3.8, 4) is 17.0 Å². The summed E-state index contributed by atoms with van der Waals surface area (Å²) in [6, 6.07) is 10.7. The number of ether oxygens (including phenoxy) is 1. The van der Waals surface area contributed by atoms with Crippen LogP contribution in [0.15, 0.2) is 48.8 Å². The van der Waals surface area contributed by atoms with Crippen molar-refractivity contribution in [2.24, 2.45) is 0 Å². The molecule has 3 aromatic rings. The second-order valence-electron chi connectivity index (χ2n) is 4.32. The Kier molecular flexibility index (Phi) is 2.87. The van der Waals surface area contributed by atoms with Gasteiger partial charge in [-0.05, 0) is 24.3 Å². The van der Waals surface area contributed by atoms with E-state index in [-0.39, 0.29) is 5.56 Å². The highest BCUT2D eigenvalue weighted by molar-refractivity contribution is 5.94. The van der Waals surface area contributed by atoms with Gasteiger partial charge in [0.05, 0.1) is 12.8 Å². The molecule has 0 saturated carbocycles. The first kappa shape index (κ1) is 12.2. The van der Waals surface area contributed by atoms with Crippen LogP contribution in [-0.2, 0) is 0 Å². The smallest absolute Gasteiger partial charge is 0.339 e. The van der Waals surface area contributed by atoms with Gasteiger partial charge in [-0.15, -0.1) is 0 Å². The lowest BCUT2D eigenvalue weighted by Gasteiger charge is -2.01. The number of methoxy groups -OCH3 is 1. The molecule has 2 heterocycles. The van der Waals surface area contributed by atoms with Crippen LogP contribution in [-0.4, -0.2) is 27.6 Å². The monoisotopic (exact) mass is 268 g/mol. The third-order valence-corrected chi connectivity index (χ3v) is 3.08. The van der Waals surface area contributed by atoms with Crippen molar-refractivity contribution in [3.05, 3.63) is 54.4 Å². The van der Waals surface area contributed by atoms with Crippen LogP contribution in [0.4, 0.5) is 0 Å². The zero-order chi connectivity index (χ0) is 14.1. The molecule has 0 bridgehead atoms. The summed E-state index contributed by atoms with van der Waals surface area (Å²) in [4.78, 5) is 15.6. The average molecular weight is 268 g/mol. The molecule has 0 fully saturated rings. The maximum atomic E-state index is 11.2. The summed E-state index contributed by atoms with van der Waals surface area (Å²) < 4.78 is 6.89. The molecule has 3 rings (SSSR count). The Morgan fingerprint density at radius 3 is 2.90 bits per heavy atom. The number of carboxylic acid groups (broad SMARTS) is 1. The number of rotatable bonds is 3. The molecule has 0 amide bonds. The SMILES string of the molecule is COc1cccc(-c2cn3cccc(C(=O)O)c3n2)c1. The van der Waals surface area contributed by atoms with Crippen molar-refractivity contribution in [2.75, 3.05) is 7.11 Å². The maximum absolute atomic E-state index is 11.2. The lowest BCUT2D eigenvalue weighted by molar-refractivity contribution is 0.0698. The molecule has 0 radical (unpaired) electrons. The van der Waals surface area contributed by atoms with Crippen LogP contribution in [0, 0.1) is 0 Å². The van der Waals surface area contributed by atoms with E-state index in [9.17, 15) is 9.90 Å². The zero-order valence-corrected chi connectivity index (χ0v) is 10.8. The summed E-state index contributed by atoms with van der Waals surface area (Å²) >= 11 is 0. The number of carbonyl (C=O) groups is 1. The van der Waals surface area contributed by atoms with Crippen molar-refractivity contribution in [1.82, 2.24) is 9.38 Å². The Hall–Kier alpha value is -2.82. The second kappa shape index (κ2) is 4.70. The van der Waals surface area contributed by atoms with Crippen LogP contribution in [0.2, 0.25) is 0 Å². The molecule has 0 spiro atoms. The molecule has 0 aliphatic carbocycles. The largest absolute Gasteiger partial charge is 0.497 e. The lowest BCUT2D eigenvalue weighted by Crippen LogP contribution is -1.99. The molecule has 5 heteroatoms. The van der Waals surface area contributed by atoms with Crippen LogP contribution in [0.25, 0.3) is 16.9 Å². The molecule has 0 saturated heterocycles. The fourth-order valence-corrected chi connectivity index (χ4v) is 2.10. The maximum Gasteiger partial charge on any atom is 0.339 e. The molecule has 1 N–H and O–H groups in total. The van der Waals surface area contributed by atoms with Gasteiger partial charge in [0.25, 0.3) is 0 Å². The number of hydrogen-bond donors (Lipinski definition) is 1. The number of aromatic carboxylic acids is 1. The number of imidazole rings is 1. The predicted octanol–water partition coefficient (Wildman–Crippen LogP) is 2.71. The van der Waals surface area contributed by atoms with E-state index in [1.165, 1.54) is 0 Å². The molecular weight excluding hydrogens is 256 g/mol. The van der Waals surface area contributed by atoms with Gasteiger partial charge in [0, 0.05) is 18.0 Å². The van der Waals surface area contributed by atoms with E-state index in [2.05, 4.69) is 4.98 Å². The average Bonchev–Trinajstić information content (AvgIpc) is 2.91. The molecule has 100 valence electrons. The van der Waals surface area contributed by atoms with Crippen molar-refractivity contribution in [2.45, 2.75) is 0 Å². The molecule has 0 aliphatic rings. The van der Waals surface area contributed by atoms with E-state index in [0.29, 0.717) is 11.3 Å². The summed E-state index contributed by atoms with van der Waals surface area (Å²) in [6.07, 6.45) is 3.58. The number of benzene rings is 1. The van der Waals surface area contributed by atoms with Gasteiger partial charge in [0.15, 0.2) is 5.65 Å². The van der Waals surface area contributed by atoms with Crippen LogP contribution >= 0.6 is 0 Å². The molecule has 1 aromatic carbocycles. The Labute approximate surface area is 115 Å². The van der Waals surface area contributed by atoms with E-state index >= 15 is 0 Å². The van der Waals surface area contributed by atoms with Gasteiger partial charge in [-0.25, -0.2) is 9.78 Å². The number of pyridine rings is 1. The fourth-order valence-electron chi connectivity index (χ4n) is 2.10. The van der Waals surface area contributed by atoms with Crippen molar-refractivity contribution < 1.29 is 14.6 Å². The number of nitrogens with zero attached hydrogens (tertiary/aromatic N) is 2. The van der Waals surface area contributed by atoms with Gasteiger partial charge in [-0.2, -0.15) is 0 Å². The first-order chi connectivity index (χ1) is 9.69. The van der Waals surface area contributed by atoms with Gasteiger partial charge in [0.2, 0.25) is 0 Å². The minimum absolute atomic E-state index is 0.182. The van der Waals surface area contributed by atoms with Crippen molar-refractivity contribution >= 4 is 11.6 Å². The molecule has 20 heavy (non-hydrogen) atoms. The fraction of sp³-hybridized carbons (Fsp3) is 0.0667. The first-order valence-electron chi connectivity index (χ1n) is 6.04. The van der Waals surface area contributed by atoms with E-state index in [1.54, 1.807) is 36.0 Å². The Balaban J connectivity index is 2.17.